The highest BCUT2D eigenvalue weighted by Gasteiger charge is 2.25. The van der Waals surface area contributed by atoms with E-state index in [2.05, 4.69) is 15.1 Å². The van der Waals surface area contributed by atoms with Gasteiger partial charge < -0.3 is 14.7 Å². The van der Waals surface area contributed by atoms with Gasteiger partial charge in [0.05, 0.1) is 5.69 Å². The molecule has 0 N–H and O–H groups in total. The molecule has 2 amide bonds. The first kappa shape index (κ1) is 25.1. The van der Waals surface area contributed by atoms with Crippen LogP contribution in [0.5, 0.6) is 0 Å². The lowest BCUT2D eigenvalue weighted by atomic mass is 10.1. The van der Waals surface area contributed by atoms with E-state index >= 15 is 0 Å². The molecule has 1 aliphatic rings. The summed E-state index contributed by atoms with van der Waals surface area (Å²) in [7, 11) is 0. The van der Waals surface area contributed by atoms with Crippen LogP contribution in [-0.4, -0.2) is 64.5 Å². The van der Waals surface area contributed by atoms with Gasteiger partial charge in [-0.15, -0.1) is 10.2 Å². The molecule has 5 rings (SSSR count). The van der Waals surface area contributed by atoms with Crippen molar-refractivity contribution in [1.82, 2.24) is 20.0 Å². The molecule has 0 saturated carbocycles. The van der Waals surface area contributed by atoms with E-state index in [9.17, 15) is 9.59 Å². The molecule has 2 heterocycles. The van der Waals surface area contributed by atoms with Crippen LogP contribution in [0, 0.1) is 0 Å². The molecule has 0 atom stereocenters. The maximum atomic E-state index is 13.4. The van der Waals surface area contributed by atoms with Gasteiger partial charge in [0.1, 0.15) is 6.54 Å². The fourth-order valence-corrected chi connectivity index (χ4v) is 4.68. The summed E-state index contributed by atoms with van der Waals surface area (Å²) < 4.78 is 0. The van der Waals surface area contributed by atoms with Crippen LogP contribution in [0.15, 0.2) is 103 Å². The highest BCUT2D eigenvalue weighted by Crippen LogP contribution is 2.19. The Morgan fingerprint density at radius 1 is 0.711 bits per heavy atom. The fraction of sp³-hybridized carbons (Fsp3) is 0.226. The van der Waals surface area contributed by atoms with Gasteiger partial charge in [-0.05, 0) is 36.2 Å². The van der Waals surface area contributed by atoms with E-state index in [4.69, 9.17) is 0 Å². The Labute approximate surface area is 223 Å². The maximum Gasteiger partial charge on any atom is 0.254 e. The second-order valence-electron chi connectivity index (χ2n) is 9.38. The standard InChI is InChI=1S/C31H31N5O2/c37-30(24-36(23-25-11-4-1-5-12-25)31(38)27-15-8-3-9-16-27)35-20-10-19-34(21-22-35)29-18-17-28(32-33-29)26-13-6-2-7-14-26/h1-9,11-18H,10,19-24H2. The molecular weight excluding hydrogens is 474 g/mol. The third-order valence-corrected chi connectivity index (χ3v) is 6.74. The van der Waals surface area contributed by atoms with Crippen LogP contribution in [-0.2, 0) is 11.3 Å². The van der Waals surface area contributed by atoms with Crippen LogP contribution < -0.4 is 4.90 Å². The molecular formula is C31H31N5O2. The molecule has 7 nitrogen and oxygen atoms in total. The normalized spacial score (nSPS) is 13.6. The van der Waals surface area contributed by atoms with Gasteiger partial charge in [0.25, 0.3) is 5.91 Å². The molecule has 0 radical (unpaired) electrons. The van der Waals surface area contributed by atoms with Gasteiger partial charge >= 0.3 is 0 Å². The van der Waals surface area contributed by atoms with E-state index in [0.29, 0.717) is 31.7 Å². The maximum absolute atomic E-state index is 13.4. The number of hydrogen-bond donors (Lipinski definition) is 0. The molecule has 0 bridgehead atoms. The molecule has 0 unspecified atom stereocenters. The molecule has 1 aromatic heterocycles. The minimum absolute atomic E-state index is 0.0359. The Hall–Kier alpha value is -4.52. The van der Waals surface area contributed by atoms with Crippen molar-refractivity contribution in [3.05, 3.63) is 114 Å². The molecule has 7 heteroatoms. The lowest BCUT2D eigenvalue weighted by molar-refractivity contribution is -0.131. The van der Waals surface area contributed by atoms with Crippen molar-refractivity contribution < 1.29 is 9.59 Å². The molecule has 3 aromatic carbocycles. The highest BCUT2D eigenvalue weighted by atomic mass is 16.2. The molecule has 1 fully saturated rings. The average molecular weight is 506 g/mol. The quantitative estimate of drug-likeness (QED) is 0.369. The van der Waals surface area contributed by atoms with Crippen molar-refractivity contribution in [2.75, 3.05) is 37.6 Å². The van der Waals surface area contributed by atoms with E-state index in [1.807, 2.05) is 95.9 Å². The van der Waals surface area contributed by atoms with Gasteiger partial charge in [-0.3, -0.25) is 9.59 Å². The summed E-state index contributed by atoms with van der Waals surface area (Å²) in [6.45, 7) is 3.08. The van der Waals surface area contributed by atoms with Crippen LogP contribution in [0.1, 0.15) is 22.3 Å². The van der Waals surface area contributed by atoms with E-state index in [1.54, 1.807) is 17.0 Å². The Kier molecular flexibility index (Phi) is 8.04. The lowest BCUT2D eigenvalue weighted by Crippen LogP contribution is -2.44. The van der Waals surface area contributed by atoms with Crippen LogP contribution in [0.25, 0.3) is 11.3 Å². The molecule has 1 saturated heterocycles. The summed E-state index contributed by atoms with van der Waals surface area (Å²) in [5, 5.41) is 8.88. The Morgan fingerprint density at radius 3 is 2.08 bits per heavy atom. The van der Waals surface area contributed by atoms with Crippen molar-refractivity contribution in [2.24, 2.45) is 0 Å². The zero-order valence-electron chi connectivity index (χ0n) is 21.3. The lowest BCUT2D eigenvalue weighted by Gasteiger charge is -2.27. The number of carbonyl (C=O) groups is 2. The molecule has 0 spiro atoms. The van der Waals surface area contributed by atoms with Crippen molar-refractivity contribution in [1.29, 1.82) is 0 Å². The van der Waals surface area contributed by atoms with E-state index in [0.717, 1.165) is 35.6 Å². The SMILES string of the molecule is O=C(CN(Cc1ccccc1)C(=O)c1ccccc1)N1CCCN(c2ccc(-c3ccccc3)nn2)CC1. The zero-order valence-corrected chi connectivity index (χ0v) is 21.3. The average Bonchev–Trinajstić information content (AvgIpc) is 3.25. The Morgan fingerprint density at radius 2 is 1.39 bits per heavy atom. The van der Waals surface area contributed by atoms with E-state index < -0.39 is 0 Å². The van der Waals surface area contributed by atoms with Crippen molar-refractivity contribution in [3.63, 3.8) is 0 Å². The van der Waals surface area contributed by atoms with Crippen molar-refractivity contribution in [2.45, 2.75) is 13.0 Å². The van der Waals surface area contributed by atoms with Crippen LogP contribution in [0.4, 0.5) is 5.82 Å². The topological polar surface area (TPSA) is 69.6 Å². The molecule has 4 aromatic rings. The first-order chi connectivity index (χ1) is 18.7. The molecule has 1 aliphatic heterocycles. The van der Waals surface area contributed by atoms with Crippen LogP contribution >= 0.6 is 0 Å². The van der Waals surface area contributed by atoms with Crippen molar-refractivity contribution >= 4 is 17.6 Å². The first-order valence-electron chi connectivity index (χ1n) is 13.0. The Balaban J connectivity index is 1.24. The number of benzene rings is 3. The largest absolute Gasteiger partial charge is 0.353 e. The molecule has 192 valence electrons. The summed E-state index contributed by atoms with van der Waals surface area (Å²) in [5.41, 5.74) is 3.44. The summed E-state index contributed by atoms with van der Waals surface area (Å²) >= 11 is 0. The smallest absolute Gasteiger partial charge is 0.254 e. The second kappa shape index (κ2) is 12.1. The number of anilines is 1. The molecule has 38 heavy (non-hydrogen) atoms. The summed E-state index contributed by atoms with van der Waals surface area (Å²) in [6, 6.07) is 32.9. The summed E-state index contributed by atoms with van der Waals surface area (Å²) in [4.78, 5) is 32.4. The number of amides is 2. The van der Waals surface area contributed by atoms with Gasteiger partial charge in [-0.25, -0.2) is 0 Å². The van der Waals surface area contributed by atoms with Gasteiger partial charge in [0, 0.05) is 43.9 Å². The van der Waals surface area contributed by atoms with Crippen LogP contribution in [0.3, 0.4) is 0 Å². The highest BCUT2D eigenvalue weighted by molar-refractivity contribution is 5.96. The minimum Gasteiger partial charge on any atom is -0.353 e. The number of rotatable bonds is 7. The number of nitrogens with zero attached hydrogens (tertiary/aromatic N) is 5. The summed E-state index contributed by atoms with van der Waals surface area (Å²) in [6.07, 6.45) is 0.819. The van der Waals surface area contributed by atoms with Crippen LogP contribution in [0.2, 0.25) is 0 Å². The van der Waals surface area contributed by atoms with E-state index in [1.165, 1.54) is 0 Å². The number of aromatic nitrogens is 2. The Bertz CT molecular complexity index is 1330. The monoisotopic (exact) mass is 505 g/mol. The second-order valence-corrected chi connectivity index (χ2v) is 9.38. The van der Waals surface area contributed by atoms with Gasteiger partial charge in [-0.1, -0.05) is 78.9 Å². The van der Waals surface area contributed by atoms with E-state index in [-0.39, 0.29) is 18.4 Å². The number of carbonyl (C=O) groups excluding carboxylic acids is 2. The zero-order chi connectivity index (χ0) is 26.2. The van der Waals surface area contributed by atoms with Gasteiger partial charge in [-0.2, -0.15) is 0 Å². The predicted octanol–water partition coefficient (Wildman–Crippen LogP) is 4.52. The summed E-state index contributed by atoms with van der Waals surface area (Å²) in [5.74, 6) is 0.620. The third-order valence-electron chi connectivity index (χ3n) is 6.74. The third kappa shape index (κ3) is 6.24. The van der Waals surface area contributed by atoms with Crippen molar-refractivity contribution in [3.8, 4) is 11.3 Å². The predicted molar refractivity (Wildman–Crippen MR) is 149 cm³/mol. The van der Waals surface area contributed by atoms with Gasteiger partial charge in [0.2, 0.25) is 5.91 Å². The molecule has 0 aliphatic carbocycles. The minimum atomic E-state index is -0.145. The van der Waals surface area contributed by atoms with Gasteiger partial charge in [0.15, 0.2) is 5.82 Å². The number of hydrogen-bond acceptors (Lipinski definition) is 5. The first-order valence-corrected chi connectivity index (χ1v) is 13.0. The fourth-order valence-electron chi connectivity index (χ4n) is 4.68.